The molecule has 1 aliphatic heterocycles. The quantitative estimate of drug-likeness (QED) is 0.680. The highest BCUT2D eigenvalue weighted by atomic mass is 16.7. The lowest BCUT2D eigenvalue weighted by Crippen LogP contribution is -2.31. The van der Waals surface area contributed by atoms with Gasteiger partial charge in [0.25, 0.3) is 5.91 Å². The van der Waals surface area contributed by atoms with E-state index in [9.17, 15) is 9.59 Å². The molecule has 0 unspecified atom stereocenters. The Hall–Kier alpha value is -3.42. The third-order valence-corrected chi connectivity index (χ3v) is 4.31. The van der Waals surface area contributed by atoms with Crippen LogP contribution >= 0.6 is 0 Å². The largest absolute Gasteiger partial charge is 0.493 e. The summed E-state index contributed by atoms with van der Waals surface area (Å²) in [4.78, 5) is 24.4. The molecule has 3 rings (SSSR count). The molecular formula is C21H23NO7. The molecule has 0 radical (unpaired) electrons. The zero-order valence-corrected chi connectivity index (χ0v) is 16.5. The summed E-state index contributed by atoms with van der Waals surface area (Å²) in [5.74, 6) is 1.22. The van der Waals surface area contributed by atoms with Crippen molar-refractivity contribution >= 4 is 11.9 Å². The summed E-state index contributed by atoms with van der Waals surface area (Å²) in [5, 5.41) is 2.79. The van der Waals surface area contributed by atoms with Gasteiger partial charge < -0.3 is 29.0 Å². The monoisotopic (exact) mass is 401 g/mol. The molecule has 0 aromatic heterocycles. The molecule has 0 saturated carbocycles. The number of nitrogens with one attached hydrogen (secondary N) is 1. The third kappa shape index (κ3) is 4.90. The summed E-state index contributed by atoms with van der Waals surface area (Å²) in [6.07, 6.45) is 0. The molecule has 0 spiro atoms. The number of ether oxygens (including phenoxy) is 5. The molecule has 2 aromatic carbocycles. The average Bonchev–Trinajstić information content (AvgIpc) is 3.20. The van der Waals surface area contributed by atoms with Gasteiger partial charge in [-0.25, -0.2) is 4.79 Å². The van der Waals surface area contributed by atoms with Gasteiger partial charge in [0, 0.05) is 0 Å². The number of hydrogen-bond donors (Lipinski definition) is 1. The fourth-order valence-electron chi connectivity index (χ4n) is 2.83. The normalized spacial score (nSPS) is 12.8. The van der Waals surface area contributed by atoms with Crippen LogP contribution in [0.4, 0.5) is 0 Å². The molecule has 1 N–H and O–H groups in total. The Labute approximate surface area is 168 Å². The molecule has 0 fully saturated rings. The zero-order chi connectivity index (χ0) is 20.8. The Kier molecular flexibility index (Phi) is 6.43. The minimum atomic E-state index is -0.628. The second-order valence-electron chi connectivity index (χ2n) is 6.28. The number of hydrogen-bond acceptors (Lipinski definition) is 7. The van der Waals surface area contributed by atoms with Crippen LogP contribution in [-0.2, 0) is 9.53 Å². The van der Waals surface area contributed by atoms with Gasteiger partial charge in [-0.2, -0.15) is 0 Å². The van der Waals surface area contributed by atoms with E-state index in [0.717, 1.165) is 5.56 Å². The highest BCUT2D eigenvalue weighted by Gasteiger charge is 2.18. The molecule has 0 aliphatic carbocycles. The number of carbonyl (C=O) groups is 2. The highest BCUT2D eigenvalue weighted by Crippen LogP contribution is 2.34. The van der Waals surface area contributed by atoms with Crippen molar-refractivity contribution in [2.24, 2.45) is 0 Å². The first-order valence-electron chi connectivity index (χ1n) is 9.18. The van der Waals surface area contributed by atoms with Crippen molar-refractivity contribution in [2.45, 2.75) is 19.9 Å². The first kappa shape index (κ1) is 20.3. The van der Waals surface area contributed by atoms with Crippen LogP contribution in [0.25, 0.3) is 0 Å². The van der Waals surface area contributed by atoms with E-state index in [0.29, 0.717) is 29.6 Å². The maximum absolute atomic E-state index is 12.2. The number of fused-ring (bicyclic) bond motifs is 1. The van der Waals surface area contributed by atoms with Crippen LogP contribution in [0.5, 0.6) is 23.0 Å². The standard InChI is InChI=1S/C21H23NO7/c1-4-26-16-8-6-15(10-18(16)25-3)21(24)27-11-20(23)22-13(2)14-5-7-17-19(9-14)29-12-28-17/h5-10,13H,4,11-12H2,1-3H3,(H,22,23)/t13-/m0/s1. The SMILES string of the molecule is CCOc1ccc(C(=O)OCC(=O)N[C@@H](C)c2ccc3c(c2)OCO3)cc1OC. The van der Waals surface area contributed by atoms with Gasteiger partial charge in [-0.05, 0) is 49.7 Å². The zero-order valence-electron chi connectivity index (χ0n) is 16.5. The molecule has 29 heavy (non-hydrogen) atoms. The average molecular weight is 401 g/mol. The van der Waals surface area contributed by atoms with Crippen molar-refractivity contribution in [1.29, 1.82) is 0 Å². The third-order valence-electron chi connectivity index (χ3n) is 4.31. The smallest absolute Gasteiger partial charge is 0.338 e. The van der Waals surface area contributed by atoms with Crippen molar-refractivity contribution < 1.29 is 33.3 Å². The molecule has 8 heteroatoms. The second kappa shape index (κ2) is 9.18. The summed E-state index contributed by atoms with van der Waals surface area (Å²) in [7, 11) is 1.48. The van der Waals surface area contributed by atoms with E-state index in [1.807, 2.05) is 26.0 Å². The van der Waals surface area contributed by atoms with Crippen LogP contribution in [0.1, 0.15) is 35.8 Å². The van der Waals surface area contributed by atoms with Crippen molar-refractivity contribution in [3.63, 3.8) is 0 Å². The molecule has 1 aliphatic rings. The second-order valence-corrected chi connectivity index (χ2v) is 6.28. The summed E-state index contributed by atoms with van der Waals surface area (Å²) < 4.78 is 26.4. The van der Waals surface area contributed by atoms with Gasteiger partial charge >= 0.3 is 5.97 Å². The lowest BCUT2D eigenvalue weighted by atomic mass is 10.1. The maximum atomic E-state index is 12.2. The Balaban J connectivity index is 1.54. The lowest BCUT2D eigenvalue weighted by Gasteiger charge is -2.15. The van der Waals surface area contributed by atoms with Crippen LogP contribution in [0.2, 0.25) is 0 Å². The number of esters is 1. The predicted molar refractivity (Wildman–Crippen MR) is 104 cm³/mol. The summed E-state index contributed by atoms with van der Waals surface area (Å²) in [6.45, 7) is 3.94. The van der Waals surface area contributed by atoms with Gasteiger partial charge in [-0.3, -0.25) is 4.79 Å². The highest BCUT2D eigenvalue weighted by molar-refractivity contribution is 5.92. The number of carbonyl (C=O) groups excluding carboxylic acids is 2. The molecule has 1 heterocycles. The van der Waals surface area contributed by atoms with Gasteiger partial charge in [-0.15, -0.1) is 0 Å². The summed E-state index contributed by atoms with van der Waals surface area (Å²) in [6, 6.07) is 9.85. The topological polar surface area (TPSA) is 92.3 Å². The van der Waals surface area contributed by atoms with E-state index in [2.05, 4.69) is 5.32 Å². The van der Waals surface area contributed by atoms with Crippen molar-refractivity contribution in [1.82, 2.24) is 5.32 Å². The number of methoxy groups -OCH3 is 1. The van der Waals surface area contributed by atoms with Gasteiger partial charge in [0.15, 0.2) is 29.6 Å². The molecule has 0 bridgehead atoms. The number of benzene rings is 2. The molecule has 2 aromatic rings. The summed E-state index contributed by atoms with van der Waals surface area (Å²) >= 11 is 0. The summed E-state index contributed by atoms with van der Waals surface area (Å²) in [5.41, 5.74) is 1.12. The fourth-order valence-corrected chi connectivity index (χ4v) is 2.83. The molecule has 8 nitrogen and oxygen atoms in total. The fraction of sp³-hybridized carbons (Fsp3) is 0.333. The van der Waals surface area contributed by atoms with Crippen LogP contribution in [0.15, 0.2) is 36.4 Å². The lowest BCUT2D eigenvalue weighted by molar-refractivity contribution is -0.124. The Morgan fingerprint density at radius 1 is 1.10 bits per heavy atom. The molecule has 0 saturated heterocycles. The van der Waals surface area contributed by atoms with Crippen molar-refractivity contribution in [3.05, 3.63) is 47.5 Å². The van der Waals surface area contributed by atoms with E-state index in [-0.39, 0.29) is 18.4 Å². The minimum Gasteiger partial charge on any atom is -0.493 e. The van der Waals surface area contributed by atoms with E-state index in [1.165, 1.54) is 13.2 Å². The van der Waals surface area contributed by atoms with Gasteiger partial charge in [0.05, 0.1) is 25.3 Å². The van der Waals surface area contributed by atoms with E-state index in [4.69, 9.17) is 23.7 Å². The van der Waals surface area contributed by atoms with E-state index >= 15 is 0 Å². The first-order valence-corrected chi connectivity index (χ1v) is 9.18. The molecular weight excluding hydrogens is 378 g/mol. The van der Waals surface area contributed by atoms with Crippen LogP contribution < -0.4 is 24.3 Å². The van der Waals surface area contributed by atoms with Crippen LogP contribution in [-0.4, -0.2) is 39.0 Å². The van der Waals surface area contributed by atoms with Crippen molar-refractivity contribution in [2.75, 3.05) is 27.1 Å². The minimum absolute atomic E-state index is 0.186. The van der Waals surface area contributed by atoms with Gasteiger partial charge in [0.1, 0.15) is 0 Å². The molecule has 154 valence electrons. The van der Waals surface area contributed by atoms with Crippen LogP contribution in [0.3, 0.4) is 0 Å². The van der Waals surface area contributed by atoms with Gasteiger partial charge in [0.2, 0.25) is 6.79 Å². The molecule has 1 amide bonds. The Morgan fingerprint density at radius 3 is 2.66 bits per heavy atom. The van der Waals surface area contributed by atoms with Gasteiger partial charge in [-0.1, -0.05) is 6.07 Å². The Bertz CT molecular complexity index is 897. The van der Waals surface area contributed by atoms with E-state index < -0.39 is 18.5 Å². The molecule has 1 atom stereocenters. The van der Waals surface area contributed by atoms with Crippen molar-refractivity contribution in [3.8, 4) is 23.0 Å². The van der Waals surface area contributed by atoms with Crippen LogP contribution in [0, 0.1) is 0 Å². The first-order chi connectivity index (χ1) is 14.0. The number of amides is 1. The number of rotatable bonds is 8. The maximum Gasteiger partial charge on any atom is 0.338 e. The van der Waals surface area contributed by atoms with E-state index in [1.54, 1.807) is 18.2 Å². The Morgan fingerprint density at radius 2 is 1.90 bits per heavy atom. The predicted octanol–water partition coefficient (Wildman–Crippen LogP) is 2.86.